The number of amides is 2. The van der Waals surface area contributed by atoms with Gasteiger partial charge < -0.3 is 15.0 Å². The van der Waals surface area contributed by atoms with E-state index in [0.29, 0.717) is 45.5 Å². The number of rotatable bonds is 7. The third-order valence-corrected chi connectivity index (χ3v) is 5.66. The van der Waals surface area contributed by atoms with Crippen LogP contribution in [0.4, 0.5) is 0 Å². The Labute approximate surface area is 173 Å². The zero-order valence-corrected chi connectivity index (χ0v) is 17.3. The van der Waals surface area contributed by atoms with E-state index in [1.54, 1.807) is 0 Å². The van der Waals surface area contributed by atoms with Crippen LogP contribution >= 0.6 is 0 Å². The zero-order chi connectivity index (χ0) is 20.6. The first kappa shape index (κ1) is 20.9. The summed E-state index contributed by atoms with van der Waals surface area (Å²) in [6.45, 7) is 6.26. The molecule has 5 heteroatoms. The number of aryl methyl sites for hydroxylation is 1. The summed E-state index contributed by atoms with van der Waals surface area (Å²) in [5.41, 5.74) is 3.39. The van der Waals surface area contributed by atoms with E-state index < -0.39 is 0 Å². The highest BCUT2D eigenvalue weighted by atomic mass is 16.5. The van der Waals surface area contributed by atoms with Crippen LogP contribution in [0.2, 0.25) is 0 Å². The van der Waals surface area contributed by atoms with E-state index in [4.69, 9.17) is 4.74 Å². The first-order chi connectivity index (χ1) is 14.0. The van der Waals surface area contributed by atoms with Crippen molar-refractivity contribution in [2.75, 3.05) is 19.7 Å². The van der Waals surface area contributed by atoms with Gasteiger partial charge in [0, 0.05) is 25.6 Å². The van der Waals surface area contributed by atoms with Gasteiger partial charge in [0.2, 0.25) is 11.8 Å². The van der Waals surface area contributed by atoms with Gasteiger partial charge in [-0.25, -0.2) is 0 Å². The average molecular weight is 395 g/mol. The Morgan fingerprint density at radius 3 is 2.48 bits per heavy atom. The van der Waals surface area contributed by atoms with Crippen molar-refractivity contribution in [3.8, 4) is 5.75 Å². The van der Waals surface area contributed by atoms with Gasteiger partial charge in [-0.2, -0.15) is 0 Å². The lowest BCUT2D eigenvalue weighted by atomic mass is 9.95. The van der Waals surface area contributed by atoms with Crippen LogP contribution < -0.4 is 10.1 Å². The summed E-state index contributed by atoms with van der Waals surface area (Å²) >= 11 is 0. The van der Waals surface area contributed by atoms with Crippen molar-refractivity contribution in [2.24, 2.45) is 5.92 Å². The summed E-state index contributed by atoms with van der Waals surface area (Å²) < 4.78 is 5.80. The van der Waals surface area contributed by atoms with Crippen LogP contribution in [0.1, 0.15) is 36.0 Å². The minimum absolute atomic E-state index is 0.0195. The number of hydrogen-bond acceptors (Lipinski definition) is 3. The lowest BCUT2D eigenvalue weighted by Gasteiger charge is -2.31. The van der Waals surface area contributed by atoms with Crippen molar-refractivity contribution in [1.82, 2.24) is 10.2 Å². The standard InChI is InChI=1S/C24H30N2O3/c1-18-7-6-10-22(19(18)2)29-16-13-23(27)26-14-11-21(12-15-26)24(28)25-17-20-8-4-3-5-9-20/h3-10,21H,11-17H2,1-2H3,(H,25,28). The van der Waals surface area contributed by atoms with E-state index in [9.17, 15) is 9.59 Å². The minimum atomic E-state index is -0.0195. The molecule has 0 aromatic heterocycles. The number of nitrogens with zero attached hydrogens (tertiary/aromatic N) is 1. The zero-order valence-electron chi connectivity index (χ0n) is 17.3. The van der Waals surface area contributed by atoms with Crippen LogP contribution in [0.15, 0.2) is 48.5 Å². The summed E-state index contributed by atoms with van der Waals surface area (Å²) in [5.74, 6) is 0.998. The van der Waals surface area contributed by atoms with Crippen LogP contribution in [-0.2, 0) is 16.1 Å². The summed E-state index contributed by atoms with van der Waals surface area (Å²) in [5, 5.41) is 3.01. The van der Waals surface area contributed by atoms with Crippen LogP contribution in [0.25, 0.3) is 0 Å². The molecular weight excluding hydrogens is 364 g/mol. The molecule has 1 fully saturated rings. The van der Waals surface area contributed by atoms with E-state index in [-0.39, 0.29) is 17.7 Å². The van der Waals surface area contributed by atoms with Crippen molar-refractivity contribution in [3.63, 3.8) is 0 Å². The van der Waals surface area contributed by atoms with Crippen molar-refractivity contribution >= 4 is 11.8 Å². The predicted molar refractivity (Wildman–Crippen MR) is 114 cm³/mol. The molecular formula is C24H30N2O3. The summed E-state index contributed by atoms with van der Waals surface area (Å²) in [7, 11) is 0. The fourth-order valence-corrected chi connectivity index (χ4v) is 3.61. The molecule has 0 radical (unpaired) electrons. The number of piperidine rings is 1. The number of carbonyl (C=O) groups excluding carboxylic acids is 2. The minimum Gasteiger partial charge on any atom is -0.493 e. The molecule has 154 valence electrons. The highest BCUT2D eigenvalue weighted by Crippen LogP contribution is 2.21. The lowest BCUT2D eigenvalue weighted by Crippen LogP contribution is -2.43. The maximum absolute atomic E-state index is 12.5. The molecule has 2 aromatic carbocycles. The van der Waals surface area contributed by atoms with Gasteiger partial charge in [-0.1, -0.05) is 42.5 Å². The van der Waals surface area contributed by atoms with Crippen LogP contribution in [0.3, 0.4) is 0 Å². The molecule has 1 aliphatic heterocycles. The fourth-order valence-electron chi connectivity index (χ4n) is 3.61. The van der Waals surface area contributed by atoms with E-state index in [1.807, 2.05) is 67.3 Å². The van der Waals surface area contributed by atoms with Gasteiger partial charge in [-0.3, -0.25) is 9.59 Å². The quantitative estimate of drug-likeness (QED) is 0.780. The summed E-state index contributed by atoms with van der Waals surface area (Å²) in [6, 6.07) is 15.9. The molecule has 29 heavy (non-hydrogen) atoms. The topological polar surface area (TPSA) is 58.6 Å². The molecule has 1 aliphatic rings. The third-order valence-electron chi connectivity index (χ3n) is 5.66. The Morgan fingerprint density at radius 2 is 1.76 bits per heavy atom. The normalized spacial score (nSPS) is 14.5. The molecule has 2 aromatic rings. The van der Waals surface area contributed by atoms with Crippen molar-refractivity contribution < 1.29 is 14.3 Å². The van der Waals surface area contributed by atoms with Crippen molar-refractivity contribution in [2.45, 2.75) is 39.7 Å². The van der Waals surface area contributed by atoms with Crippen LogP contribution in [0, 0.1) is 19.8 Å². The molecule has 0 spiro atoms. The van der Waals surface area contributed by atoms with Gasteiger partial charge in [0.05, 0.1) is 13.0 Å². The monoisotopic (exact) mass is 394 g/mol. The largest absolute Gasteiger partial charge is 0.493 e. The molecule has 0 bridgehead atoms. The predicted octanol–water partition coefficient (Wildman–Crippen LogP) is 3.63. The smallest absolute Gasteiger partial charge is 0.225 e. The summed E-state index contributed by atoms with van der Waals surface area (Å²) in [4.78, 5) is 26.7. The number of nitrogens with one attached hydrogen (secondary N) is 1. The number of carbonyl (C=O) groups is 2. The van der Waals surface area contributed by atoms with Crippen molar-refractivity contribution in [3.05, 3.63) is 65.2 Å². The Balaban J connectivity index is 1.37. The van der Waals surface area contributed by atoms with E-state index in [0.717, 1.165) is 16.9 Å². The lowest BCUT2D eigenvalue weighted by molar-refractivity contribution is -0.136. The molecule has 3 rings (SSSR count). The Kier molecular flexibility index (Phi) is 7.28. The van der Waals surface area contributed by atoms with E-state index in [1.165, 1.54) is 5.56 Å². The SMILES string of the molecule is Cc1cccc(OCCC(=O)N2CCC(C(=O)NCc3ccccc3)CC2)c1C. The second-order valence-corrected chi connectivity index (χ2v) is 7.65. The maximum Gasteiger partial charge on any atom is 0.225 e. The maximum atomic E-state index is 12.5. The molecule has 0 saturated carbocycles. The van der Waals surface area contributed by atoms with Gasteiger partial charge >= 0.3 is 0 Å². The van der Waals surface area contributed by atoms with Gasteiger partial charge in [-0.05, 0) is 49.4 Å². The molecule has 0 atom stereocenters. The highest BCUT2D eigenvalue weighted by molar-refractivity contribution is 5.80. The Morgan fingerprint density at radius 1 is 1.03 bits per heavy atom. The number of benzene rings is 2. The first-order valence-electron chi connectivity index (χ1n) is 10.3. The molecule has 5 nitrogen and oxygen atoms in total. The van der Waals surface area contributed by atoms with E-state index >= 15 is 0 Å². The molecule has 0 unspecified atom stereocenters. The molecule has 0 aliphatic carbocycles. The number of likely N-dealkylation sites (tertiary alicyclic amines) is 1. The van der Waals surface area contributed by atoms with Gasteiger partial charge in [0.25, 0.3) is 0 Å². The highest BCUT2D eigenvalue weighted by Gasteiger charge is 2.27. The Hall–Kier alpha value is -2.82. The third kappa shape index (κ3) is 5.83. The number of ether oxygens (including phenoxy) is 1. The van der Waals surface area contributed by atoms with Gasteiger partial charge in [0.15, 0.2) is 0 Å². The number of hydrogen-bond donors (Lipinski definition) is 1. The van der Waals surface area contributed by atoms with E-state index in [2.05, 4.69) is 5.32 Å². The van der Waals surface area contributed by atoms with Gasteiger partial charge in [0.1, 0.15) is 5.75 Å². The molecule has 1 N–H and O–H groups in total. The molecule has 2 amide bonds. The Bertz CT molecular complexity index is 827. The molecule has 1 saturated heterocycles. The average Bonchev–Trinajstić information content (AvgIpc) is 2.75. The van der Waals surface area contributed by atoms with Crippen LogP contribution in [0.5, 0.6) is 5.75 Å². The van der Waals surface area contributed by atoms with Crippen molar-refractivity contribution in [1.29, 1.82) is 0 Å². The summed E-state index contributed by atoms with van der Waals surface area (Å²) in [6.07, 6.45) is 1.78. The van der Waals surface area contributed by atoms with Crippen LogP contribution in [-0.4, -0.2) is 36.4 Å². The fraction of sp³-hybridized carbons (Fsp3) is 0.417. The first-order valence-corrected chi connectivity index (χ1v) is 10.3. The van der Waals surface area contributed by atoms with Gasteiger partial charge in [-0.15, -0.1) is 0 Å². The second kappa shape index (κ2) is 10.1. The second-order valence-electron chi connectivity index (χ2n) is 7.65. The molecule has 1 heterocycles.